The first-order chi connectivity index (χ1) is 15.6. The van der Waals surface area contributed by atoms with Crippen molar-refractivity contribution >= 4 is 51.1 Å². The van der Waals surface area contributed by atoms with E-state index in [1.807, 2.05) is 6.92 Å². The van der Waals surface area contributed by atoms with E-state index in [1.54, 1.807) is 12.1 Å². The molecule has 0 fully saturated rings. The van der Waals surface area contributed by atoms with Crippen molar-refractivity contribution in [2.24, 2.45) is 5.10 Å². The average Bonchev–Trinajstić information content (AvgIpc) is 2.76. The van der Waals surface area contributed by atoms with Crippen molar-refractivity contribution in [2.75, 3.05) is 0 Å². The number of nitro benzene ring substituents is 1. The zero-order valence-electron chi connectivity index (χ0n) is 16.9. The Morgan fingerprint density at radius 3 is 2.33 bits per heavy atom. The smallest absolute Gasteiger partial charge is 0.339 e. The third-order valence-corrected chi connectivity index (χ3v) is 6.02. The second-order valence-electron chi connectivity index (χ2n) is 6.67. The van der Waals surface area contributed by atoms with Crippen LogP contribution in [0.1, 0.15) is 21.5 Å². The number of hydrogen-bond donors (Lipinski definition) is 1. The first kappa shape index (κ1) is 24.2. The zero-order valence-corrected chi connectivity index (χ0v) is 19.2. The Labute approximate surface area is 198 Å². The van der Waals surface area contributed by atoms with Crippen molar-refractivity contribution in [3.8, 4) is 5.75 Å². The normalized spacial score (nSPS) is 11.4. The van der Waals surface area contributed by atoms with Crippen LogP contribution in [0.2, 0.25) is 10.0 Å². The first-order valence-corrected chi connectivity index (χ1v) is 11.3. The molecule has 12 heteroatoms. The van der Waals surface area contributed by atoms with Crippen molar-refractivity contribution in [3.05, 3.63) is 97.5 Å². The van der Waals surface area contributed by atoms with E-state index in [0.717, 1.165) is 11.6 Å². The van der Waals surface area contributed by atoms with E-state index in [-0.39, 0.29) is 31.9 Å². The number of non-ortho nitro benzene ring substituents is 1. The number of carbonyl (C=O) groups excluding carboxylic acids is 1. The van der Waals surface area contributed by atoms with Crippen LogP contribution in [-0.4, -0.2) is 25.5 Å². The second kappa shape index (κ2) is 9.99. The number of nitrogens with zero attached hydrogens (tertiary/aromatic N) is 2. The number of nitrogens with one attached hydrogen (secondary N) is 1. The summed E-state index contributed by atoms with van der Waals surface area (Å²) in [5.41, 5.74) is 3.25. The number of carbonyl (C=O) groups is 1. The van der Waals surface area contributed by atoms with E-state index in [1.165, 1.54) is 48.7 Å². The highest BCUT2D eigenvalue weighted by atomic mass is 35.5. The predicted molar refractivity (Wildman–Crippen MR) is 124 cm³/mol. The number of halogens is 2. The molecule has 3 aromatic carbocycles. The maximum absolute atomic E-state index is 12.5. The molecular weight excluding hydrogens is 493 g/mol. The van der Waals surface area contributed by atoms with Gasteiger partial charge in [-0.2, -0.15) is 13.5 Å². The van der Waals surface area contributed by atoms with Gasteiger partial charge in [0.05, 0.1) is 21.2 Å². The molecule has 0 radical (unpaired) electrons. The molecule has 33 heavy (non-hydrogen) atoms. The monoisotopic (exact) mass is 507 g/mol. The molecule has 0 aliphatic heterocycles. The van der Waals surface area contributed by atoms with E-state index in [9.17, 15) is 23.3 Å². The van der Waals surface area contributed by atoms with E-state index in [2.05, 4.69) is 10.5 Å². The van der Waals surface area contributed by atoms with Crippen LogP contribution >= 0.6 is 23.2 Å². The number of hydrogen-bond acceptors (Lipinski definition) is 7. The fourth-order valence-corrected chi connectivity index (χ4v) is 4.22. The Morgan fingerprint density at radius 1 is 1.09 bits per heavy atom. The molecule has 0 aliphatic carbocycles. The van der Waals surface area contributed by atoms with Crippen LogP contribution < -0.4 is 9.61 Å². The fourth-order valence-electron chi connectivity index (χ4n) is 2.59. The van der Waals surface area contributed by atoms with E-state index >= 15 is 0 Å². The summed E-state index contributed by atoms with van der Waals surface area (Å²) < 4.78 is 30.1. The SMILES string of the molecule is Cc1ccc(S(=O)(=O)Oc2c(Cl)cc(/C=N\NC(=O)c3cccc([N+](=O)[O-])c3)cc2Cl)cc1. The molecule has 9 nitrogen and oxygen atoms in total. The predicted octanol–water partition coefficient (Wildman–Crippen LogP) is 4.74. The van der Waals surface area contributed by atoms with Gasteiger partial charge in [0, 0.05) is 17.7 Å². The Hall–Kier alpha value is -3.47. The molecule has 1 amide bonds. The summed E-state index contributed by atoms with van der Waals surface area (Å²) in [7, 11) is -4.16. The molecule has 1 N–H and O–H groups in total. The molecule has 3 rings (SSSR count). The van der Waals surface area contributed by atoms with Crippen molar-refractivity contribution in [1.29, 1.82) is 0 Å². The summed E-state index contributed by atoms with van der Waals surface area (Å²) in [4.78, 5) is 22.3. The Kier molecular flexibility index (Phi) is 7.32. The lowest BCUT2D eigenvalue weighted by Crippen LogP contribution is -2.17. The summed E-state index contributed by atoms with van der Waals surface area (Å²) >= 11 is 12.3. The van der Waals surface area contributed by atoms with Crippen LogP contribution in [-0.2, 0) is 10.1 Å². The van der Waals surface area contributed by atoms with Gasteiger partial charge in [0.2, 0.25) is 0 Å². The largest absolute Gasteiger partial charge is 0.376 e. The van der Waals surface area contributed by atoms with Crippen LogP contribution in [0.3, 0.4) is 0 Å². The van der Waals surface area contributed by atoms with Crippen LogP contribution in [0.5, 0.6) is 5.75 Å². The number of amides is 1. The quantitative estimate of drug-likeness (QED) is 0.213. The summed E-state index contributed by atoms with van der Waals surface area (Å²) in [5.74, 6) is -0.923. The van der Waals surface area contributed by atoms with Crippen molar-refractivity contribution in [2.45, 2.75) is 11.8 Å². The van der Waals surface area contributed by atoms with Gasteiger partial charge in [-0.3, -0.25) is 14.9 Å². The highest BCUT2D eigenvalue weighted by molar-refractivity contribution is 7.87. The Morgan fingerprint density at radius 2 is 1.73 bits per heavy atom. The van der Waals surface area contributed by atoms with Gasteiger partial charge < -0.3 is 4.18 Å². The lowest BCUT2D eigenvalue weighted by Gasteiger charge is -2.11. The minimum absolute atomic E-state index is 0.0440. The second-order valence-corrected chi connectivity index (χ2v) is 9.03. The van der Waals surface area contributed by atoms with Gasteiger partial charge in [-0.05, 0) is 42.8 Å². The van der Waals surface area contributed by atoms with E-state index in [4.69, 9.17) is 27.4 Å². The van der Waals surface area contributed by atoms with Gasteiger partial charge in [0.1, 0.15) is 4.90 Å². The molecule has 0 aromatic heterocycles. The Balaban J connectivity index is 1.74. The summed E-state index contributed by atoms with van der Waals surface area (Å²) in [6, 6.07) is 13.9. The van der Waals surface area contributed by atoms with Gasteiger partial charge in [-0.25, -0.2) is 5.43 Å². The summed E-state index contributed by atoms with van der Waals surface area (Å²) in [6.07, 6.45) is 1.21. The van der Waals surface area contributed by atoms with Gasteiger partial charge in [-0.15, -0.1) is 0 Å². The molecule has 170 valence electrons. The minimum Gasteiger partial charge on any atom is -0.376 e. The standard InChI is InChI=1S/C21H15Cl2N3O6S/c1-13-5-7-17(8-6-13)33(30,31)32-20-18(22)9-14(10-19(20)23)12-24-25-21(27)15-3-2-4-16(11-15)26(28)29/h2-12H,1H3,(H,25,27)/b24-12-. The van der Waals surface area contributed by atoms with Crippen molar-refractivity contribution < 1.29 is 22.3 Å². The highest BCUT2D eigenvalue weighted by Gasteiger charge is 2.21. The van der Waals surface area contributed by atoms with Gasteiger partial charge in [0.25, 0.3) is 11.6 Å². The average molecular weight is 508 g/mol. The van der Waals surface area contributed by atoms with Crippen LogP contribution in [0, 0.1) is 17.0 Å². The molecular formula is C21H15Cl2N3O6S. The van der Waals surface area contributed by atoms with Crippen molar-refractivity contribution in [3.63, 3.8) is 0 Å². The van der Waals surface area contributed by atoms with Gasteiger partial charge in [0.15, 0.2) is 5.75 Å². The van der Waals surface area contributed by atoms with Gasteiger partial charge >= 0.3 is 10.1 Å². The Bertz CT molecular complexity index is 1340. The molecule has 0 aliphatic rings. The molecule has 0 unspecified atom stereocenters. The molecule has 0 atom stereocenters. The maximum Gasteiger partial charge on any atom is 0.339 e. The molecule has 0 bridgehead atoms. The summed E-state index contributed by atoms with van der Waals surface area (Å²) in [5, 5.41) is 14.4. The van der Waals surface area contributed by atoms with Crippen LogP contribution in [0.4, 0.5) is 5.69 Å². The van der Waals surface area contributed by atoms with Gasteiger partial charge in [-0.1, -0.05) is 47.0 Å². The number of aryl methyl sites for hydroxylation is 1. The van der Waals surface area contributed by atoms with Crippen LogP contribution in [0.15, 0.2) is 70.7 Å². The topological polar surface area (TPSA) is 128 Å². The molecule has 0 saturated carbocycles. The maximum atomic E-state index is 12.5. The van der Waals surface area contributed by atoms with Crippen LogP contribution in [0.25, 0.3) is 0 Å². The third-order valence-electron chi connectivity index (χ3n) is 4.22. The lowest BCUT2D eigenvalue weighted by atomic mass is 10.2. The van der Waals surface area contributed by atoms with E-state index in [0.29, 0.717) is 5.56 Å². The van der Waals surface area contributed by atoms with E-state index < -0.39 is 20.9 Å². The number of benzene rings is 3. The third kappa shape index (κ3) is 6.07. The lowest BCUT2D eigenvalue weighted by molar-refractivity contribution is -0.384. The molecule has 3 aromatic rings. The fraction of sp³-hybridized carbons (Fsp3) is 0.0476. The molecule has 0 saturated heterocycles. The molecule has 0 heterocycles. The highest BCUT2D eigenvalue weighted by Crippen LogP contribution is 2.36. The number of rotatable bonds is 7. The first-order valence-electron chi connectivity index (χ1n) is 9.15. The number of hydrazone groups is 1. The number of nitro groups is 1. The minimum atomic E-state index is -4.16. The zero-order chi connectivity index (χ0) is 24.2. The van der Waals surface area contributed by atoms with Crippen molar-refractivity contribution in [1.82, 2.24) is 5.43 Å². The molecule has 0 spiro atoms. The summed E-state index contributed by atoms with van der Waals surface area (Å²) in [6.45, 7) is 1.82.